The van der Waals surface area contributed by atoms with E-state index in [4.69, 9.17) is 0 Å². The Labute approximate surface area is 122 Å². The summed E-state index contributed by atoms with van der Waals surface area (Å²) in [6.45, 7) is 5.87. The van der Waals surface area contributed by atoms with Crippen molar-refractivity contribution in [1.29, 1.82) is 0 Å². The lowest BCUT2D eigenvalue weighted by atomic mass is 9.79. The monoisotopic (exact) mass is 283 g/mol. The highest BCUT2D eigenvalue weighted by Crippen LogP contribution is 2.31. The first-order valence-corrected chi connectivity index (χ1v) is 7.98. The first-order chi connectivity index (χ1) is 9.45. The van der Waals surface area contributed by atoms with Gasteiger partial charge in [-0.05, 0) is 31.6 Å². The van der Waals surface area contributed by atoms with Crippen molar-refractivity contribution >= 4 is 11.9 Å². The predicted molar refractivity (Wildman–Crippen MR) is 79.4 cm³/mol. The van der Waals surface area contributed by atoms with E-state index < -0.39 is 11.4 Å². The molecule has 0 aliphatic heterocycles. The number of carbonyl (C=O) groups is 2. The topological polar surface area (TPSA) is 66.4 Å². The van der Waals surface area contributed by atoms with Crippen LogP contribution in [0.25, 0.3) is 0 Å². The summed E-state index contributed by atoms with van der Waals surface area (Å²) >= 11 is 0. The van der Waals surface area contributed by atoms with Gasteiger partial charge in [0.1, 0.15) is 0 Å². The van der Waals surface area contributed by atoms with E-state index >= 15 is 0 Å². The lowest BCUT2D eigenvalue weighted by molar-refractivity contribution is -0.152. The van der Waals surface area contributed by atoms with Crippen molar-refractivity contribution in [2.75, 3.05) is 0 Å². The highest BCUT2D eigenvalue weighted by Gasteiger charge is 2.37. The smallest absolute Gasteiger partial charge is 0.310 e. The average molecular weight is 283 g/mol. The minimum absolute atomic E-state index is 0.0958. The zero-order valence-electron chi connectivity index (χ0n) is 13.1. The second-order valence-corrected chi connectivity index (χ2v) is 6.26. The van der Waals surface area contributed by atoms with E-state index in [0.29, 0.717) is 18.8 Å². The molecule has 1 rings (SSSR count). The number of carboxylic acid groups (broad SMARTS) is 1. The Bertz CT molecular complexity index is 337. The fourth-order valence-corrected chi connectivity index (χ4v) is 3.15. The Morgan fingerprint density at radius 1 is 1.15 bits per heavy atom. The van der Waals surface area contributed by atoms with E-state index in [2.05, 4.69) is 12.2 Å². The first-order valence-electron chi connectivity index (χ1n) is 7.98. The molecule has 0 aromatic carbocycles. The van der Waals surface area contributed by atoms with E-state index in [1.807, 2.05) is 13.8 Å². The zero-order valence-corrected chi connectivity index (χ0v) is 13.1. The number of carboxylic acids is 1. The minimum atomic E-state index is -0.905. The fourth-order valence-electron chi connectivity index (χ4n) is 3.15. The number of aliphatic carboxylic acids is 1. The largest absolute Gasteiger partial charge is 0.481 e. The minimum Gasteiger partial charge on any atom is -0.481 e. The van der Waals surface area contributed by atoms with Gasteiger partial charge in [0.25, 0.3) is 0 Å². The lowest BCUT2D eigenvalue weighted by Crippen LogP contribution is -2.43. The maximum Gasteiger partial charge on any atom is 0.310 e. The molecule has 2 atom stereocenters. The number of hydrogen-bond donors (Lipinski definition) is 2. The van der Waals surface area contributed by atoms with Crippen LogP contribution in [0.1, 0.15) is 72.1 Å². The van der Waals surface area contributed by atoms with Gasteiger partial charge in [-0.15, -0.1) is 0 Å². The van der Waals surface area contributed by atoms with Gasteiger partial charge in [-0.1, -0.05) is 40.0 Å². The molecule has 1 aliphatic carbocycles. The Hall–Kier alpha value is -1.06. The van der Waals surface area contributed by atoms with Crippen LogP contribution in [-0.2, 0) is 9.59 Å². The van der Waals surface area contributed by atoms with Crippen LogP contribution < -0.4 is 5.32 Å². The van der Waals surface area contributed by atoms with Crippen LogP contribution in [0.5, 0.6) is 0 Å². The second-order valence-electron chi connectivity index (χ2n) is 6.26. The average Bonchev–Trinajstić information content (AvgIpc) is 2.61. The third-order valence-electron chi connectivity index (χ3n) is 5.01. The molecule has 1 amide bonds. The third-order valence-corrected chi connectivity index (χ3v) is 5.01. The molecule has 0 spiro atoms. The molecule has 4 heteroatoms. The number of hydrogen-bond acceptors (Lipinski definition) is 2. The van der Waals surface area contributed by atoms with Crippen LogP contribution in [0.3, 0.4) is 0 Å². The molecular weight excluding hydrogens is 254 g/mol. The van der Waals surface area contributed by atoms with Crippen molar-refractivity contribution in [2.45, 2.75) is 78.2 Å². The molecule has 0 heterocycles. The molecule has 2 N–H and O–H groups in total. The number of rotatable bonds is 6. The molecule has 1 aliphatic rings. The molecular formula is C16H29NO3. The van der Waals surface area contributed by atoms with Crippen molar-refractivity contribution in [2.24, 2.45) is 11.3 Å². The lowest BCUT2D eigenvalue weighted by Gasteiger charge is -2.28. The van der Waals surface area contributed by atoms with E-state index in [1.165, 1.54) is 12.8 Å². The van der Waals surface area contributed by atoms with Crippen molar-refractivity contribution in [1.82, 2.24) is 5.32 Å². The van der Waals surface area contributed by atoms with E-state index in [1.54, 1.807) is 0 Å². The molecule has 116 valence electrons. The summed E-state index contributed by atoms with van der Waals surface area (Å²) in [5.74, 6) is -0.467. The summed E-state index contributed by atoms with van der Waals surface area (Å²) in [4.78, 5) is 23.7. The molecule has 4 nitrogen and oxygen atoms in total. The molecule has 1 saturated carbocycles. The molecule has 20 heavy (non-hydrogen) atoms. The number of carbonyl (C=O) groups excluding carboxylic acids is 1. The van der Waals surface area contributed by atoms with Gasteiger partial charge in [0.15, 0.2) is 0 Å². The number of nitrogens with one attached hydrogen (secondary N) is 1. The maximum absolute atomic E-state index is 12.2. The third kappa shape index (κ3) is 4.22. The molecule has 0 aromatic heterocycles. The van der Waals surface area contributed by atoms with Crippen LogP contribution in [0, 0.1) is 11.3 Å². The van der Waals surface area contributed by atoms with Crippen molar-refractivity contribution in [3.05, 3.63) is 0 Å². The molecule has 0 aromatic rings. The van der Waals surface area contributed by atoms with Gasteiger partial charge in [0.05, 0.1) is 5.41 Å². The van der Waals surface area contributed by atoms with Gasteiger partial charge in [0, 0.05) is 12.5 Å². The van der Waals surface area contributed by atoms with Gasteiger partial charge in [0.2, 0.25) is 5.91 Å². The van der Waals surface area contributed by atoms with Crippen LogP contribution in [0.2, 0.25) is 0 Å². The van der Waals surface area contributed by atoms with Gasteiger partial charge in [-0.2, -0.15) is 0 Å². The predicted octanol–water partition coefficient (Wildman–Crippen LogP) is 3.35. The van der Waals surface area contributed by atoms with Crippen LogP contribution in [0.15, 0.2) is 0 Å². The molecule has 2 unspecified atom stereocenters. The molecule has 0 saturated heterocycles. The molecule has 1 fully saturated rings. The standard InChI is InChI=1S/C16H29NO3/c1-4-16(5-2,15(19)20)11-14(18)17-13-10-8-6-7-9-12(13)3/h12-13H,4-11H2,1-3H3,(H,17,18)(H,19,20). The Morgan fingerprint density at radius 2 is 1.75 bits per heavy atom. The second kappa shape index (κ2) is 7.65. The highest BCUT2D eigenvalue weighted by molar-refractivity contribution is 5.85. The summed E-state index contributed by atoms with van der Waals surface area (Å²) in [6, 6.07) is 0.213. The van der Waals surface area contributed by atoms with Crippen LogP contribution >= 0.6 is 0 Å². The molecule has 0 radical (unpaired) electrons. The Balaban J connectivity index is 2.63. The maximum atomic E-state index is 12.2. The summed E-state index contributed by atoms with van der Waals surface area (Å²) in [5.41, 5.74) is -0.905. The van der Waals surface area contributed by atoms with Crippen LogP contribution in [0.4, 0.5) is 0 Å². The van der Waals surface area contributed by atoms with Gasteiger partial charge >= 0.3 is 5.97 Å². The van der Waals surface area contributed by atoms with Crippen molar-refractivity contribution in [3.8, 4) is 0 Å². The Kier molecular flexibility index (Phi) is 6.50. The fraction of sp³-hybridized carbons (Fsp3) is 0.875. The zero-order chi connectivity index (χ0) is 15.2. The van der Waals surface area contributed by atoms with Gasteiger partial charge in [-0.3, -0.25) is 9.59 Å². The highest BCUT2D eigenvalue weighted by atomic mass is 16.4. The SMILES string of the molecule is CCC(CC)(CC(=O)NC1CCCCCC1C)C(=O)O. The van der Waals surface area contributed by atoms with E-state index in [9.17, 15) is 14.7 Å². The normalized spacial score (nSPS) is 23.9. The summed E-state index contributed by atoms with van der Waals surface area (Å²) < 4.78 is 0. The molecule has 0 bridgehead atoms. The summed E-state index contributed by atoms with van der Waals surface area (Å²) in [7, 11) is 0. The van der Waals surface area contributed by atoms with Gasteiger partial charge < -0.3 is 10.4 Å². The van der Waals surface area contributed by atoms with E-state index in [-0.39, 0.29) is 18.4 Å². The van der Waals surface area contributed by atoms with Crippen molar-refractivity contribution in [3.63, 3.8) is 0 Å². The summed E-state index contributed by atoms with van der Waals surface area (Å²) in [6.07, 6.45) is 6.87. The van der Waals surface area contributed by atoms with Crippen molar-refractivity contribution < 1.29 is 14.7 Å². The summed E-state index contributed by atoms with van der Waals surface area (Å²) in [5, 5.41) is 12.5. The Morgan fingerprint density at radius 3 is 2.30 bits per heavy atom. The first kappa shape index (κ1) is 17.0. The number of amides is 1. The van der Waals surface area contributed by atoms with Gasteiger partial charge in [-0.25, -0.2) is 0 Å². The van der Waals surface area contributed by atoms with Crippen LogP contribution in [-0.4, -0.2) is 23.0 Å². The van der Waals surface area contributed by atoms with E-state index in [0.717, 1.165) is 19.3 Å². The quantitative estimate of drug-likeness (QED) is 0.735.